The molecule has 0 radical (unpaired) electrons. The predicted molar refractivity (Wildman–Crippen MR) is 98.1 cm³/mol. The van der Waals surface area contributed by atoms with Gasteiger partial charge in [-0.15, -0.1) is 0 Å². The molecule has 1 aliphatic heterocycles. The Hall–Kier alpha value is -2.14. The zero-order chi connectivity index (χ0) is 17.4. The molecule has 1 fully saturated rings. The highest BCUT2D eigenvalue weighted by atomic mass is 16.2. The zero-order valence-corrected chi connectivity index (χ0v) is 14.8. The van der Waals surface area contributed by atoms with E-state index in [9.17, 15) is 4.79 Å². The average Bonchev–Trinajstić information content (AvgIpc) is 2.90. The fourth-order valence-electron chi connectivity index (χ4n) is 4.29. The molecule has 2 aliphatic rings. The maximum atomic E-state index is 13.3. The van der Waals surface area contributed by atoms with Crippen molar-refractivity contribution in [3.8, 4) is 0 Å². The first-order valence-electron chi connectivity index (χ1n) is 9.26. The van der Waals surface area contributed by atoms with E-state index < -0.39 is 0 Å². The van der Waals surface area contributed by atoms with Crippen molar-refractivity contribution in [2.45, 2.75) is 38.6 Å². The largest absolute Gasteiger partial charge is 0.330 e. The Morgan fingerprint density at radius 3 is 2.72 bits per heavy atom. The summed E-state index contributed by atoms with van der Waals surface area (Å²) >= 11 is 0. The van der Waals surface area contributed by atoms with Gasteiger partial charge in [-0.25, -0.2) is 0 Å². The normalized spacial score (nSPS) is 22.9. The van der Waals surface area contributed by atoms with Crippen LogP contribution in [0, 0.1) is 11.8 Å². The monoisotopic (exact) mass is 338 g/mol. The molecular formula is C20H26N4O. The molecule has 2 aromatic rings. The Morgan fingerprint density at radius 1 is 1.20 bits per heavy atom. The van der Waals surface area contributed by atoms with Crippen LogP contribution in [0.3, 0.4) is 0 Å². The molecule has 5 nitrogen and oxygen atoms in total. The minimum atomic E-state index is 0.120. The number of rotatable bonds is 2. The molecule has 1 aromatic carbocycles. The second-order valence-electron chi connectivity index (χ2n) is 7.42. The topological polar surface area (TPSA) is 64.2 Å². The smallest absolute Gasteiger partial charge is 0.230 e. The van der Waals surface area contributed by atoms with Crippen molar-refractivity contribution in [3.63, 3.8) is 0 Å². The molecule has 4 rings (SSSR count). The third kappa shape index (κ3) is 2.97. The van der Waals surface area contributed by atoms with Crippen LogP contribution in [-0.2, 0) is 24.8 Å². The molecule has 1 aromatic heterocycles. The number of aryl methyl sites for hydroxylation is 1. The minimum Gasteiger partial charge on any atom is -0.330 e. The Morgan fingerprint density at radius 2 is 1.96 bits per heavy atom. The Labute approximate surface area is 148 Å². The summed E-state index contributed by atoms with van der Waals surface area (Å²) in [5, 5.41) is 4.40. The third-order valence-electron chi connectivity index (χ3n) is 5.91. The van der Waals surface area contributed by atoms with Crippen LogP contribution in [0.5, 0.6) is 0 Å². The van der Waals surface area contributed by atoms with Crippen molar-refractivity contribution < 1.29 is 4.79 Å². The van der Waals surface area contributed by atoms with E-state index in [0.29, 0.717) is 12.5 Å². The first kappa shape index (κ1) is 16.3. The van der Waals surface area contributed by atoms with Crippen LogP contribution >= 0.6 is 0 Å². The van der Waals surface area contributed by atoms with Crippen molar-refractivity contribution in [2.75, 3.05) is 11.4 Å². The maximum Gasteiger partial charge on any atom is 0.230 e. The van der Waals surface area contributed by atoms with E-state index in [-0.39, 0.29) is 11.8 Å². The molecule has 2 N–H and O–H groups in total. The minimum absolute atomic E-state index is 0.120. The molecule has 5 heteroatoms. The SMILES string of the molecule is Cn1ncc2c1Cc1ccccc1N(C(=O)C1CCC(CN)CC1)C2. The number of carbonyl (C=O) groups is 1. The number of carbonyl (C=O) groups excluding carboxylic acids is 1. The highest BCUT2D eigenvalue weighted by molar-refractivity contribution is 5.96. The number of nitrogens with two attached hydrogens (primary N) is 1. The van der Waals surface area contributed by atoms with Gasteiger partial charge in [-0.1, -0.05) is 18.2 Å². The Kier molecular flexibility index (Phi) is 4.34. The lowest BCUT2D eigenvalue weighted by Crippen LogP contribution is -2.38. The number of amides is 1. The summed E-state index contributed by atoms with van der Waals surface area (Å²) in [6, 6.07) is 8.29. The van der Waals surface area contributed by atoms with E-state index in [0.717, 1.165) is 49.9 Å². The molecule has 0 saturated heterocycles. The molecule has 25 heavy (non-hydrogen) atoms. The number of para-hydroxylation sites is 1. The van der Waals surface area contributed by atoms with Gasteiger partial charge in [0.1, 0.15) is 0 Å². The number of aromatic nitrogens is 2. The van der Waals surface area contributed by atoms with Gasteiger partial charge in [0, 0.05) is 36.3 Å². The lowest BCUT2D eigenvalue weighted by Gasteiger charge is -2.32. The van der Waals surface area contributed by atoms with Crippen molar-refractivity contribution in [1.82, 2.24) is 9.78 Å². The number of fused-ring (bicyclic) bond motifs is 2. The molecule has 0 unspecified atom stereocenters. The van der Waals surface area contributed by atoms with Gasteiger partial charge in [0.15, 0.2) is 0 Å². The molecular weight excluding hydrogens is 312 g/mol. The van der Waals surface area contributed by atoms with E-state index in [2.05, 4.69) is 23.3 Å². The first-order chi connectivity index (χ1) is 12.2. The number of hydrogen-bond donors (Lipinski definition) is 1. The highest BCUT2D eigenvalue weighted by Gasteiger charge is 2.32. The van der Waals surface area contributed by atoms with Gasteiger partial charge in [-0.05, 0) is 49.8 Å². The lowest BCUT2D eigenvalue weighted by molar-refractivity contribution is -0.123. The summed E-state index contributed by atoms with van der Waals surface area (Å²) < 4.78 is 1.94. The van der Waals surface area contributed by atoms with Gasteiger partial charge in [0.2, 0.25) is 5.91 Å². The lowest BCUT2D eigenvalue weighted by atomic mass is 9.81. The van der Waals surface area contributed by atoms with Crippen LogP contribution < -0.4 is 10.6 Å². The van der Waals surface area contributed by atoms with E-state index in [1.54, 1.807) is 0 Å². The summed E-state index contributed by atoms with van der Waals surface area (Å²) in [6.07, 6.45) is 6.79. The second-order valence-corrected chi connectivity index (χ2v) is 7.42. The molecule has 132 valence electrons. The van der Waals surface area contributed by atoms with Crippen LogP contribution in [0.1, 0.15) is 42.5 Å². The summed E-state index contributed by atoms with van der Waals surface area (Å²) in [5.41, 5.74) is 10.4. The third-order valence-corrected chi connectivity index (χ3v) is 5.91. The van der Waals surface area contributed by atoms with Crippen molar-refractivity contribution in [3.05, 3.63) is 47.3 Å². The van der Waals surface area contributed by atoms with Crippen LogP contribution in [0.25, 0.3) is 0 Å². The highest BCUT2D eigenvalue weighted by Crippen LogP contribution is 2.35. The predicted octanol–water partition coefficient (Wildman–Crippen LogP) is 2.62. The van der Waals surface area contributed by atoms with Crippen LogP contribution in [0.15, 0.2) is 30.5 Å². The van der Waals surface area contributed by atoms with Crippen molar-refractivity contribution >= 4 is 11.6 Å². The van der Waals surface area contributed by atoms with Gasteiger partial charge in [0.05, 0.1) is 12.7 Å². The summed E-state index contributed by atoms with van der Waals surface area (Å²) in [7, 11) is 1.98. The number of anilines is 1. The van der Waals surface area contributed by atoms with Gasteiger partial charge >= 0.3 is 0 Å². The van der Waals surface area contributed by atoms with E-state index in [1.165, 1.54) is 11.3 Å². The van der Waals surface area contributed by atoms with Gasteiger partial charge in [-0.2, -0.15) is 5.10 Å². The Balaban J connectivity index is 1.65. The summed E-state index contributed by atoms with van der Waals surface area (Å²) in [5.74, 6) is 0.971. The van der Waals surface area contributed by atoms with E-state index >= 15 is 0 Å². The van der Waals surface area contributed by atoms with Gasteiger partial charge in [0.25, 0.3) is 0 Å². The quantitative estimate of drug-likeness (QED) is 0.915. The molecule has 0 bridgehead atoms. The Bertz CT molecular complexity index is 774. The standard InChI is InChI=1S/C20H26N4O/c1-23-19-10-16-4-2-3-5-18(16)24(13-17(19)12-22-23)20(25)15-8-6-14(11-21)7-9-15/h2-5,12,14-15H,6-11,13,21H2,1H3. The average molecular weight is 338 g/mol. The summed E-state index contributed by atoms with van der Waals surface area (Å²) in [6.45, 7) is 1.36. The van der Waals surface area contributed by atoms with Crippen LogP contribution in [0.2, 0.25) is 0 Å². The first-order valence-corrected chi connectivity index (χ1v) is 9.26. The fourth-order valence-corrected chi connectivity index (χ4v) is 4.29. The number of nitrogens with zero attached hydrogens (tertiary/aromatic N) is 3. The number of hydrogen-bond acceptors (Lipinski definition) is 3. The van der Waals surface area contributed by atoms with Crippen LogP contribution in [-0.4, -0.2) is 22.2 Å². The molecule has 1 saturated carbocycles. The van der Waals surface area contributed by atoms with E-state index in [1.807, 2.05) is 28.9 Å². The fraction of sp³-hybridized carbons (Fsp3) is 0.500. The van der Waals surface area contributed by atoms with Crippen LogP contribution in [0.4, 0.5) is 5.69 Å². The number of benzene rings is 1. The molecule has 0 spiro atoms. The van der Waals surface area contributed by atoms with Crippen molar-refractivity contribution in [1.29, 1.82) is 0 Å². The van der Waals surface area contributed by atoms with Crippen molar-refractivity contribution in [2.24, 2.45) is 24.6 Å². The maximum absolute atomic E-state index is 13.3. The molecule has 2 heterocycles. The van der Waals surface area contributed by atoms with E-state index in [4.69, 9.17) is 5.73 Å². The van der Waals surface area contributed by atoms with Gasteiger partial charge in [-0.3, -0.25) is 9.48 Å². The summed E-state index contributed by atoms with van der Waals surface area (Å²) in [4.78, 5) is 15.3. The second kappa shape index (κ2) is 6.64. The molecule has 1 amide bonds. The molecule has 1 aliphatic carbocycles. The molecule has 0 atom stereocenters. The zero-order valence-electron chi connectivity index (χ0n) is 14.8. The van der Waals surface area contributed by atoms with Gasteiger partial charge < -0.3 is 10.6 Å².